The van der Waals surface area contributed by atoms with Gasteiger partial charge in [-0.2, -0.15) is 0 Å². The average Bonchev–Trinajstić information content (AvgIpc) is 2.48. The first-order valence-corrected chi connectivity index (χ1v) is 7.72. The molecule has 2 rings (SSSR count). The molecule has 2 atom stereocenters. The molecule has 0 bridgehead atoms. The summed E-state index contributed by atoms with van der Waals surface area (Å²) in [6, 6.07) is 3.88. The van der Waals surface area contributed by atoms with E-state index in [4.69, 9.17) is 16.3 Å². The van der Waals surface area contributed by atoms with Crippen molar-refractivity contribution in [3.8, 4) is 5.75 Å². The van der Waals surface area contributed by atoms with Crippen molar-refractivity contribution in [3.63, 3.8) is 0 Å². The number of nitrogens with one attached hydrogen (secondary N) is 1. The van der Waals surface area contributed by atoms with Gasteiger partial charge >= 0.3 is 0 Å². The predicted molar refractivity (Wildman–Crippen MR) is 83.8 cm³/mol. The minimum atomic E-state index is 0.295. The highest BCUT2D eigenvalue weighted by Crippen LogP contribution is 2.33. The lowest BCUT2D eigenvalue weighted by atomic mass is 9.79. The van der Waals surface area contributed by atoms with Crippen LogP contribution in [0.5, 0.6) is 5.75 Å². The van der Waals surface area contributed by atoms with E-state index >= 15 is 0 Å². The van der Waals surface area contributed by atoms with Crippen molar-refractivity contribution in [2.75, 3.05) is 25.6 Å². The summed E-state index contributed by atoms with van der Waals surface area (Å²) < 4.78 is 5.38. The van der Waals surface area contributed by atoms with Gasteiger partial charge in [-0.3, -0.25) is 0 Å². The number of ether oxygens (including phenoxy) is 1. The van der Waals surface area contributed by atoms with Crippen molar-refractivity contribution in [1.82, 2.24) is 0 Å². The van der Waals surface area contributed by atoms with Crippen LogP contribution >= 0.6 is 11.6 Å². The van der Waals surface area contributed by atoms with Gasteiger partial charge in [-0.25, -0.2) is 0 Å². The maximum absolute atomic E-state index is 9.47. The number of aliphatic hydroxyl groups is 1. The Bertz CT molecular complexity index is 450. The van der Waals surface area contributed by atoms with E-state index in [-0.39, 0.29) is 0 Å². The van der Waals surface area contributed by atoms with Gasteiger partial charge in [0, 0.05) is 24.2 Å². The summed E-state index contributed by atoms with van der Waals surface area (Å²) in [5.41, 5.74) is 2.02. The number of rotatable bonds is 5. The summed E-state index contributed by atoms with van der Waals surface area (Å²) in [4.78, 5) is 0. The SMILES string of the molecule is COc1cc(Cl)c(C)cc1NCC1CCCCC1CO. The number of halogens is 1. The number of aryl methyl sites for hydroxylation is 1. The lowest BCUT2D eigenvalue weighted by molar-refractivity contribution is 0.141. The average molecular weight is 298 g/mol. The summed E-state index contributed by atoms with van der Waals surface area (Å²) in [6.07, 6.45) is 4.83. The highest BCUT2D eigenvalue weighted by atomic mass is 35.5. The van der Waals surface area contributed by atoms with E-state index in [1.165, 1.54) is 19.3 Å². The zero-order chi connectivity index (χ0) is 14.5. The topological polar surface area (TPSA) is 41.5 Å². The molecular weight excluding hydrogens is 274 g/mol. The molecule has 20 heavy (non-hydrogen) atoms. The molecule has 0 radical (unpaired) electrons. The quantitative estimate of drug-likeness (QED) is 0.867. The molecule has 0 amide bonds. The molecule has 0 aliphatic heterocycles. The monoisotopic (exact) mass is 297 g/mol. The fourth-order valence-electron chi connectivity index (χ4n) is 3.00. The summed E-state index contributed by atoms with van der Waals surface area (Å²) in [6.45, 7) is 3.16. The van der Waals surface area contributed by atoms with Crippen LogP contribution in [0.3, 0.4) is 0 Å². The minimum Gasteiger partial charge on any atom is -0.495 e. The predicted octanol–water partition coefficient (Wildman–Crippen LogP) is 3.87. The van der Waals surface area contributed by atoms with Crippen LogP contribution < -0.4 is 10.1 Å². The maximum Gasteiger partial charge on any atom is 0.143 e. The second-order valence-corrected chi connectivity index (χ2v) is 6.08. The Hall–Kier alpha value is -0.930. The molecule has 2 N–H and O–H groups in total. The van der Waals surface area contributed by atoms with Gasteiger partial charge in [0.2, 0.25) is 0 Å². The Kier molecular flexibility index (Phi) is 5.55. The van der Waals surface area contributed by atoms with E-state index in [1.807, 2.05) is 19.1 Å². The standard InChI is InChI=1S/C16H24ClNO2/c1-11-7-15(16(20-2)8-14(11)17)18-9-12-5-3-4-6-13(12)10-19/h7-8,12-13,18-19H,3-6,9-10H2,1-2H3. The summed E-state index contributed by atoms with van der Waals surface area (Å²) in [5, 5.41) is 13.7. The Morgan fingerprint density at radius 1 is 1.30 bits per heavy atom. The van der Waals surface area contributed by atoms with Gasteiger partial charge in [-0.1, -0.05) is 24.4 Å². The number of methoxy groups -OCH3 is 1. The fourth-order valence-corrected chi connectivity index (χ4v) is 3.16. The third-order valence-corrected chi connectivity index (χ3v) is 4.74. The van der Waals surface area contributed by atoms with Crippen molar-refractivity contribution >= 4 is 17.3 Å². The van der Waals surface area contributed by atoms with E-state index in [0.29, 0.717) is 18.4 Å². The smallest absolute Gasteiger partial charge is 0.143 e. The zero-order valence-electron chi connectivity index (χ0n) is 12.3. The molecule has 112 valence electrons. The third-order valence-electron chi connectivity index (χ3n) is 4.34. The van der Waals surface area contributed by atoms with Crippen molar-refractivity contribution in [1.29, 1.82) is 0 Å². The van der Waals surface area contributed by atoms with Crippen LogP contribution in [0, 0.1) is 18.8 Å². The first kappa shape index (κ1) is 15.5. The van der Waals surface area contributed by atoms with Crippen LogP contribution in [0.2, 0.25) is 5.02 Å². The first-order valence-electron chi connectivity index (χ1n) is 7.34. The first-order chi connectivity index (χ1) is 9.65. The summed E-state index contributed by atoms with van der Waals surface area (Å²) >= 11 is 6.12. The van der Waals surface area contributed by atoms with E-state index in [0.717, 1.165) is 35.0 Å². The van der Waals surface area contributed by atoms with E-state index in [9.17, 15) is 5.11 Å². The highest BCUT2D eigenvalue weighted by Gasteiger charge is 2.24. The van der Waals surface area contributed by atoms with E-state index in [2.05, 4.69) is 5.32 Å². The van der Waals surface area contributed by atoms with Crippen LogP contribution in [0.15, 0.2) is 12.1 Å². The normalized spacial score (nSPS) is 22.6. The number of hydrogen-bond donors (Lipinski definition) is 2. The second kappa shape index (κ2) is 7.19. The molecule has 1 aromatic carbocycles. The molecular formula is C16H24ClNO2. The van der Waals surface area contributed by atoms with Gasteiger partial charge < -0.3 is 15.2 Å². The van der Waals surface area contributed by atoms with Crippen molar-refractivity contribution in [3.05, 3.63) is 22.7 Å². The molecule has 1 saturated carbocycles. The molecule has 2 unspecified atom stereocenters. The zero-order valence-corrected chi connectivity index (χ0v) is 13.0. The molecule has 1 fully saturated rings. The fraction of sp³-hybridized carbons (Fsp3) is 0.625. The number of anilines is 1. The lowest BCUT2D eigenvalue weighted by Crippen LogP contribution is -2.28. The third kappa shape index (κ3) is 3.58. The molecule has 1 aliphatic rings. The Morgan fingerprint density at radius 3 is 2.65 bits per heavy atom. The molecule has 0 aromatic heterocycles. The van der Waals surface area contributed by atoms with Crippen LogP contribution in [0.25, 0.3) is 0 Å². The Labute approximate surface area is 126 Å². The van der Waals surface area contributed by atoms with Gasteiger partial charge in [0.05, 0.1) is 12.8 Å². The number of aliphatic hydroxyl groups excluding tert-OH is 1. The van der Waals surface area contributed by atoms with E-state index < -0.39 is 0 Å². The summed E-state index contributed by atoms with van der Waals surface area (Å²) in [5.74, 6) is 1.74. The molecule has 3 nitrogen and oxygen atoms in total. The van der Waals surface area contributed by atoms with Crippen LogP contribution in [-0.4, -0.2) is 25.4 Å². The number of benzene rings is 1. The van der Waals surface area contributed by atoms with Crippen molar-refractivity contribution in [2.45, 2.75) is 32.6 Å². The van der Waals surface area contributed by atoms with Crippen LogP contribution in [-0.2, 0) is 0 Å². The minimum absolute atomic E-state index is 0.295. The van der Waals surface area contributed by atoms with Crippen molar-refractivity contribution < 1.29 is 9.84 Å². The second-order valence-electron chi connectivity index (χ2n) is 5.67. The van der Waals surface area contributed by atoms with Gasteiger partial charge in [0.15, 0.2) is 0 Å². The molecule has 1 aromatic rings. The van der Waals surface area contributed by atoms with Gasteiger partial charge in [0.1, 0.15) is 5.75 Å². The Morgan fingerprint density at radius 2 is 2.00 bits per heavy atom. The maximum atomic E-state index is 9.47. The molecule has 0 spiro atoms. The highest BCUT2D eigenvalue weighted by molar-refractivity contribution is 6.31. The molecule has 1 aliphatic carbocycles. The lowest BCUT2D eigenvalue weighted by Gasteiger charge is -2.30. The van der Waals surface area contributed by atoms with Gasteiger partial charge in [0.25, 0.3) is 0 Å². The number of hydrogen-bond acceptors (Lipinski definition) is 3. The van der Waals surface area contributed by atoms with Crippen LogP contribution in [0.4, 0.5) is 5.69 Å². The summed E-state index contributed by atoms with van der Waals surface area (Å²) in [7, 11) is 1.66. The molecule has 0 saturated heterocycles. The largest absolute Gasteiger partial charge is 0.495 e. The van der Waals surface area contributed by atoms with Gasteiger partial charge in [-0.15, -0.1) is 0 Å². The van der Waals surface area contributed by atoms with Crippen LogP contribution in [0.1, 0.15) is 31.2 Å². The van der Waals surface area contributed by atoms with E-state index in [1.54, 1.807) is 7.11 Å². The van der Waals surface area contributed by atoms with Crippen molar-refractivity contribution in [2.24, 2.45) is 11.8 Å². The molecule has 4 heteroatoms. The van der Waals surface area contributed by atoms with Gasteiger partial charge in [-0.05, 0) is 43.2 Å². The Balaban J connectivity index is 2.04. The molecule has 0 heterocycles.